The predicted molar refractivity (Wildman–Crippen MR) is 106 cm³/mol. The lowest BCUT2D eigenvalue weighted by molar-refractivity contribution is -0.154. The van der Waals surface area contributed by atoms with Crippen molar-refractivity contribution in [3.63, 3.8) is 0 Å². The van der Waals surface area contributed by atoms with Crippen LogP contribution in [0.5, 0.6) is 0 Å². The third kappa shape index (κ3) is 8.54. The summed E-state index contributed by atoms with van der Waals surface area (Å²) in [6, 6.07) is 17.2. The van der Waals surface area contributed by atoms with Crippen molar-refractivity contribution in [1.82, 2.24) is 10.9 Å². The Morgan fingerprint density at radius 3 is 1.97 bits per heavy atom. The zero-order valence-corrected chi connectivity index (χ0v) is 16.0. The Bertz CT molecular complexity index is 783. The number of ether oxygens (including phenoxy) is 2. The maximum Gasteiger partial charge on any atom is 0.325 e. The van der Waals surface area contributed by atoms with Crippen molar-refractivity contribution < 1.29 is 23.9 Å². The van der Waals surface area contributed by atoms with Crippen molar-refractivity contribution in [2.45, 2.75) is 32.1 Å². The molecule has 0 fully saturated rings. The summed E-state index contributed by atoms with van der Waals surface area (Å²) in [4.78, 5) is 36.2. The van der Waals surface area contributed by atoms with Crippen molar-refractivity contribution in [1.29, 1.82) is 0 Å². The lowest BCUT2D eigenvalue weighted by Crippen LogP contribution is -2.50. The van der Waals surface area contributed by atoms with Gasteiger partial charge in [-0.1, -0.05) is 60.7 Å². The van der Waals surface area contributed by atoms with Gasteiger partial charge in [0.1, 0.15) is 19.3 Å². The molecule has 0 bridgehead atoms. The monoisotopic (exact) mass is 399 g/mol. The van der Waals surface area contributed by atoms with Gasteiger partial charge in [-0.2, -0.15) is 0 Å². The third-order valence-corrected chi connectivity index (χ3v) is 3.88. The minimum absolute atomic E-state index is 0.0493. The molecule has 2 aromatic rings. The minimum Gasteiger partial charge on any atom is -0.461 e. The number of nitrogens with two attached hydrogens (primary N) is 1. The number of esters is 2. The molecule has 4 N–H and O–H groups in total. The Hall–Kier alpha value is -3.23. The van der Waals surface area contributed by atoms with Gasteiger partial charge in [0.25, 0.3) is 0 Å². The molecule has 0 radical (unpaired) electrons. The summed E-state index contributed by atoms with van der Waals surface area (Å²) in [7, 11) is 0. The average molecular weight is 399 g/mol. The van der Waals surface area contributed by atoms with E-state index in [1.807, 2.05) is 60.7 Å². The molecule has 2 rings (SSSR count). The van der Waals surface area contributed by atoms with Gasteiger partial charge < -0.3 is 15.2 Å². The van der Waals surface area contributed by atoms with E-state index in [9.17, 15) is 14.4 Å². The summed E-state index contributed by atoms with van der Waals surface area (Å²) in [5.74, 6) is -1.68. The number of hydrazine groups is 1. The molecule has 0 aliphatic rings. The fraction of sp³-hybridized carbons (Fsp3) is 0.286. The second-order valence-corrected chi connectivity index (χ2v) is 6.23. The van der Waals surface area contributed by atoms with E-state index in [0.29, 0.717) is 0 Å². The first kappa shape index (κ1) is 22.1. The van der Waals surface area contributed by atoms with E-state index in [4.69, 9.17) is 15.2 Å². The van der Waals surface area contributed by atoms with Crippen molar-refractivity contribution >= 4 is 17.8 Å². The van der Waals surface area contributed by atoms with Crippen LogP contribution < -0.4 is 16.6 Å². The second kappa shape index (κ2) is 12.3. The predicted octanol–water partition coefficient (Wildman–Crippen LogP) is 1.20. The Morgan fingerprint density at radius 2 is 1.41 bits per heavy atom. The van der Waals surface area contributed by atoms with Crippen LogP contribution >= 0.6 is 0 Å². The molecule has 8 heteroatoms. The molecule has 0 unspecified atom stereocenters. The number of hydrogen-bond acceptors (Lipinski definition) is 7. The normalized spacial score (nSPS) is 11.3. The van der Waals surface area contributed by atoms with Gasteiger partial charge in [-0.15, -0.1) is 0 Å². The number of benzene rings is 2. The molecule has 154 valence electrons. The Morgan fingerprint density at radius 1 is 0.862 bits per heavy atom. The third-order valence-electron chi connectivity index (χ3n) is 3.88. The summed E-state index contributed by atoms with van der Waals surface area (Å²) in [6.07, 6.45) is -0.222. The maximum atomic E-state index is 12.4. The smallest absolute Gasteiger partial charge is 0.325 e. The lowest BCUT2D eigenvalue weighted by Gasteiger charge is -2.18. The van der Waals surface area contributed by atoms with Crippen LogP contribution in [-0.2, 0) is 37.1 Å². The number of rotatable bonds is 11. The molecule has 0 saturated carbocycles. The van der Waals surface area contributed by atoms with E-state index in [0.717, 1.165) is 11.1 Å². The van der Waals surface area contributed by atoms with Crippen molar-refractivity contribution in [3.8, 4) is 0 Å². The highest BCUT2D eigenvalue weighted by molar-refractivity contribution is 5.83. The van der Waals surface area contributed by atoms with Crippen LogP contribution in [0.4, 0.5) is 0 Å². The number of carbonyl (C=O) groups excluding carboxylic acids is 3. The molecule has 0 saturated heterocycles. The van der Waals surface area contributed by atoms with Crippen LogP contribution in [0.25, 0.3) is 0 Å². The van der Waals surface area contributed by atoms with Gasteiger partial charge in [0.05, 0.1) is 6.42 Å². The Kier molecular flexibility index (Phi) is 9.34. The van der Waals surface area contributed by atoms with Gasteiger partial charge in [0.15, 0.2) is 0 Å². The van der Waals surface area contributed by atoms with Crippen LogP contribution in [-0.4, -0.2) is 30.4 Å². The molecule has 8 nitrogen and oxygen atoms in total. The Labute approximate surface area is 169 Å². The minimum atomic E-state index is -1.09. The van der Waals surface area contributed by atoms with Gasteiger partial charge in [-0.3, -0.25) is 19.8 Å². The Balaban J connectivity index is 1.90. The zero-order chi connectivity index (χ0) is 20.9. The quantitative estimate of drug-likeness (QED) is 0.384. The van der Waals surface area contributed by atoms with Gasteiger partial charge in [-0.25, -0.2) is 5.43 Å². The fourth-order valence-electron chi connectivity index (χ4n) is 2.35. The molecule has 1 atom stereocenters. The highest BCUT2D eigenvalue weighted by Gasteiger charge is 2.25. The topological polar surface area (TPSA) is 120 Å². The average Bonchev–Trinajstić information content (AvgIpc) is 2.75. The van der Waals surface area contributed by atoms with Crippen LogP contribution in [0.15, 0.2) is 60.7 Å². The first-order chi connectivity index (χ1) is 14.1. The van der Waals surface area contributed by atoms with Gasteiger partial charge >= 0.3 is 11.9 Å². The largest absolute Gasteiger partial charge is 0.461 e. The van der Waals surface area contributed by atoms with E-state index in [1.165, 1.54) is 0 Å². The number of carbonyl (C=O) groups is 3. The fourth-order valence-corrected chi connectivity index (χ4v) is 2.35. The van der Waals surface area contributed by atoms with Gasteiger partial charge in [0.2, 0.25) is 5.91 Å². The van der Waals surface area contributed by atoms with E-state index < -0.39 is 23.9 Å². The molecular formula is C21H25N3O5. The summed E-state index contributed by atoms with van der Waals surface area (Å²) >= 11 is 0. The molecule has 1 amide bonds. The van der Waals surface area contributed by atoms with E-state index in [1.54, 1.807) is 0 Å². The van der Waals surface area contributed by atoms with Gasteiger partial charge in [0, 0.05) is 13.0 Å². The van der Waals surface area contributed by atoms with E-state index in [2.05, 4.69) is 10.9 Å². The molecule has 0 aromatic heterocycles. The maximum absolute atomic E-state index is 12.4. The number of amides is 1. The summed E-state index contributed by atoms with van der Waals surface area (Å²) in [5.41, 5.74) is 11.9. The summed E-state index contributed by atoms with van der Waals surface area (Å²) in [6.45, 7) is 0.300. The van der Waals surface area contributed by atoms with Crippen molar-refractivity contribution in [2.75, 3.05) is 6.54 Å². The van der Waals surface area contributed by atoms with Crippen molar-refractivity contribution in [3.05, 3.63) is 71.8 Å². The SMILES string of the molecule is NCCC(=O)NN[C@@H](CC(=O)OCc1ccccc1)C(=O)OCc1ccccc1. The van der Waals surface area contributed by atoms with Crippen LogP contribution in [0.2, 0.25) is 0 Å². The van der Waals surface area contributed by atoms with Crippen LogP contribution in [0.3, 0.4) is 0 Å². The first-order valence-electron chi connectivity index (χ1n) is 9.23. The molecule has 29 heavy (non-hydrogen) atoms. The van der Waals surface area contributed by atoms with Crippen LogP contribution in [0.1, 0.15) is 24.0 Å². The molecule has 0 heterocycles. The number of nitrogens with one attached hydrogen (secondary N) is 2. The highest BCUT2D eigenvalue weighted by Crippen LogP contribution is 2.06. The number of hydrogen-bond donors (Lipinski definition) is 3. The standard InChI is InChI=1S/C21H25N3O5/c22-12-11-19(25)24-23-18(21(27)29-15-17-9-5-2-6-10-17)13-20(26)28-14-16-7-3-1-4-8-16/h1-10,18,23H,11-15,22H2,(H,24,25)/t18-/m0/s1. The molecular weight excluding hydrogens is 374 g/mol. The summed E-state index contributed by atoms with van der Waals surface area (Å²) in [5, 5.41) is 0. The zero-order valence-electron chi connectivity index (χ0n) is 16.0. The van der Waals surface area contributed by atoms with E-state index >= 15 is 0 Å². The second-order valence-electron chi connectivity index (χ2n) is 6.23. The molecule has 0 aliphatic carbocycles. The van der Waals surface area contributed by atoms with Crippen LogP contribution in [0, 0.1) is 0 Å². The highest BCUT2D eigenvalue weighted by atomic mass is 16.5. The lowest BCUT2D eigenvalue weighted by atomic mass is 10.2. The first-order valence-corrected chi connectivity index (χ1v) is 9.23. The van der Waals surface area contributed by atoms with Crippen molar-refractivity contribution in [2.24, 2.45) is 5.73 Å². The molecule has 2 aromatic carbocycles. The summed E-state index contributed by atoms with van der Waals surface area (Å²) < 4.78 is 10.5. The van der Waals surface area contributed by atoms with E-state index in [-0.39, 0.29) is 32.6 Å². The van der Waals surface area contributed by atoms with Gasteiger partial charge in [-0.05, 0) is 11.1 Å². The molecule has 0 spiro atoms. The molecule has 0 aliphatic heterocycles.